The molecule has 91 heavy (non-hydrogen) atoms. The number of quaternary nitrogens is 1. The molecule has 9 nitrogen and oxygen atoms in total. The Balaban J connectivity index is 4.88. The number of hydrogen-bond donors (Lipinski definition) is 2. The van der Waals surface area contributed by atoms with Crippen LogP contribution >= 0.6 is 7.82 Å². The van der Waals surface area contributed by atoms with Gasteiger partial charge in [-0.3, -0.25) is 18.6 Å². The van der Waals surface area contributed by atoms with Crippen molar-refractivity contribution in [3.05, 3.63) is 12.2 Å². The average molecular weight is 1310 g/mol. The van der Waals surface area contributed by atoms with E-state index in [9.17, 15) is 19.0 Å². The first-order valence-electron chi connectivity index (χ1n) is 41.0. The van der Waals surface area contributed by atoms with Crippen LogP contribution in [0.3, 0.4) is 0 Å². The van der Waals surface area contributed by atoms with Gasteiger partial charge in [0.1, 0.15) is 19.3 Å². The van der Waals surface area contributed by atoms with Gasteiger partial charge in [-0.25, -0.2) is 4.57 Å². The molecule has 0 heterocycles. The van der Waals surface area contributed by atoms with Crippen LogP contribution in [-0.2, 0) is 27.9 Å². The number of carbonyl (C=O) groups excluding carboxylic acids is 2. The van der Waals surface area contributed by atoms with E-state index in [2.05, 4.69) is 32.2 Å². The third kappa shape index (κ3) is 72.9. The molecule has 542 valence electrons. The number of allylic oxidation sites excluding steroid dienone is 1. The molecule has 10 heteroatoms. The van der Waals surface area contributed by atoms with Crippen molar-refractivity contribution in [2.75, 3.05) is 40.9 Å². The summed E-state index contributed by atoms with van der Waals surface area (Å²) >= 11 is 0. The zero-order valence-corrected chi connectivity index (χ0v) is 63.3. The number of phosphoric ester groups is 1. The summed E-state index contributed by atoms with van der Waals surface area (Å²) in [5, 5.41) is 3.09. The molecule has 0 saturated carbocycles. The number of likely N-dealkylation sites (N-methyl/N-ethyl adjacent to an activating group) is 1. The fraction of sp³-hybridized carbons (Fsp3) is 0.951. The van der Waals surface area contributed by atoms with Crippen molar-refractivity contribution in [1.82, 2.24) is 5.32 Å². The van der Waals surface area contributed by atoms with E-state index in [1.54, 1.807) is 0 Å². The Morgan fingerprint density at radius 3 is 0.901 bits per heavy atom. The number of nitrogens with one attached hydrogen (secondary N) is 1. The Kier molecular flexibility index (Phi) is 70.5. The Labute approximate surface area is 569 Å². The van der Waals surface area contributed by atoms with Crippen molar-refractivity contribution in [2.24, 2.45) is 0 Å². The molecular weight excluding hydrogens is 1140 g/mol. The van der Waals surface area contributed by atoms with Gasteiger partial charge in [0.05, 0.1) is 33.8 Å². The summed E-state index contributed by atoms with van der Waals surface area (Å²) in [6, 6.07) is -0.842. The number of rotatable bonds is 77. The van der Waals surface area contributed by atoms with E-state index in [0.717, 1.165) is 57.8 Å². The number of esters is 1. The SMILES string of the molecule is CCCCCCCCCCCCC/C=C/C(OC(=O)CCCCCCCCCCCCCCCCCCCCCCCCCCC)C(COP(=O)(O)OCC[N+](C)(C)C)NC(=O)CCCCCCCCCCCCCCCCCCCCCCCCCCCCC. The first-order chi connectivity index (χ1) is 44.4. The quantitative estimate of drug-likeness (QED) is 0.0205. The highest BCUT2D eigenvalue weighted by Crippen LogP contribution is 2.43. The number of nitrogens with zero attached hydrogens (tertiary/aromatic N) is 1. The molecule has 0 fully saturated rings. The van der Waals surface area contributed by atoms with E-state index < -0.39 is 20.0 Å². The Hall–Kier alpha value is -1.25. The summed E-state index contributed by atoms with van der Waals surface area (Å²) in [6.07, 6.45) is 88.3. The molecule has 1 amide bonds. The second kappa shape index (κ2) is 71.5. The van der Waals surface area contributed by atoms with Gasteiger partial charge in [0.25, 0.3) is 0 Å². The van der Waals surface area contributed by atoms with Crippen LogP contribution in [0.1, 0.15) is 445 Å². The van der Waals surface area contributed by atoms with E-state index in [1.165, 1.54) is 353 Å². The van der Waals surface area contributed by atoms with E-state index in [4.69, 9.17) is 13.8 Å². The fourth-order valence-corrected chi connectivity index (χ4v) is 13.7. The smallest absolute Gasteiger partial charge is 0.456 e. The van der Waals surface area contributed by atoms with Gasteiger partial charge >= 0.3 is 13.8 Å². The summed E-state index contributed by atoms with van der Waals surface area (Å²) in [5.41, 5.74) is 0. The molecule has 0 spiro atoms. The first-order valence-corrected chi connectivity index (χ1v) is 42.5. The molecule has 0 radical (unpaired) electrons. The lowest BCUT2D eigenvalue weighted by atomic mass is 10.0. The maximum absolute atomic E-state index is 13.7. The molecule has 0 bridgehead atoms. The summed E-state index contributed by atoms with van der Waals surface area (Å²) in [6.45, 7) is 7.12. The van der Waals surface area contributed by atoms with Crippen LogP contribution in [-0.4, -0.2) is 74.3 Å². The van der Waals surface area contributed by atoms with Crippen molar-refractivity contribution in [3.63, 3.8) is 0 Å². The molecule has 0 aromatic carbocycles. The minimum absolute atomic E-state index is 0.0465. The van der Waals surface area contributed by atoms with Gasteiger partial charge < -0.3 is 19.4 Å². The summed E-state index contributed by atoms with van der Waals surface area (Å²) in [7, 11) is 1.53. The number of ether oxygens (including phenoxy) is 1. The van der Waals surface area contributed by atoms with E-state index in [-0.39, 0.29) is 25.1 Å². The van der Waals surface area contributed by atoms with E-state index in [1.807, 2.05) is 27.2 Å². The average Bonchev–Trinajstić information content (AvgIpc) is 3.69. The number of hydrogen-bond acceptors (Lipinski definition) is 6. The van der Waals surface area contributed by atoms with Crippen molar-refractivity contribution in [2.45, 2.75) is 457 Å². The van der Waals surface area contributed by atoms with Gasteiger partial charge in [-0.15, -0.1) is 0 Å². The normalized spacial score (nSPS) is 13.4. The Morgan fingerprint density at radius 1 is 0.374 bits per heavy atom. The monoisotopic (exact) mass is 1310 g/mol. The molecule has 2 N–H and O–H groups in total. The maximum Gasteiger partial charge on any atom is 0.472 e. The van der Waals surface area contributed by atoms with Gasteiger partial charge in [-0.2, -0.15) is 0 Å². The lowest BCUT2D eigenvalue weighted by Crippen LogP contribution is -2.47. The highest BCUT2D eigenvalue weighted by Gasteiger charge is 2.30. The fourth-order valence-electron chi connectivity index (χ4n) is 12.9. The molecule has 3 unspecified atom stereocenters. The van der Waals surface area contributed by atoms with Crippen LogP contribution in [0.2, 0.25) is 0 Å². The largest absolute Gasteiger partial charge is 0.472 e. The second-order valence-electron chi connectivity index (χ2n) is 29.7. The molecule has 0 saturated heterocycles. The predicted octanol–water partition coefficient (Wildman–Crippen LogP) is 26.6. The summed E-state index contributed by atoms with van der Waals surface area (Å²) in [5.74, 6) is -0.471. The topological polar surface area (TPSA) is 111 Å². The molecule has 3 atom stereocenters. The molecule has 0 rings (SSSR count). The highest BCUT2D eigenvalue weighted by atomic mass is 31.2. The van der Waals surface area contributed by atoms with Crippen LogP contribution in [0.5, 0.6) is 0 Å². The lowest BCUT2D eigenvalue weighted by Gasteiger charge is -2.27. The third-order valence-corrected chi connectivity index (χ3v) is 20.2. The maximum atomic E-state index is 13.7. The molecule has 0 aromatic rings. The lowest BCUT2D eigenvalue weighted by molar-refractivity contribution is -0.870. The molecule has 0 aromatic heterocycles. The minimum atomic E-state index is -4.45. The molecule has 0 aliphatic rings. The van der Waals surface area contributed by atoms with Crippen LogP contribution in [0, 0.1) is 0 Å². The van der Waals surface area contributed by atoms with Crippen LogP contribution in [0.25, 0.3) is 0 Å². The minimum Gasteiger partial charge on any atom is -0.456 e. The van der Waals surface area contributed by atoms with Gasteiger partial charge in [-0.1, -0.05) is 412 Å². The zero-order valence-electron chi connectivity index (χ0n) is 62.4. The molecular formula is C81H162N2O7P+. The number of amides is 1. The van der Waals surface area contributed by atoms with Gasteiger partial charge in [0, 0.05) is 12.8 Å². The molecule has 0 aliphatic carbocycles. The van der Waals surface area contributed by atoms with Gasteiger partial charge in [0.2, 0.25) is 5.91 Å². The van der Waals surface area contributed by atoms with Crippen molar-refractivity contribution in [1.29, 1.82) is 0 Å². The first kappa shape index (κ1) is 89.8. The van der Waals surface area contributed by atoms with Crippen molar-refractivity contribution >= 4 is 19.7 Å². The van der Waals surface area contributed by atoms with Crippen LogP contribution in [0.4, 0.5) is 0 Å². The predicted molar refractivity (Wildman–Crippen MR) is 397 cm³/mol. The van der Waals surface area contributed by atoms with Gasteiger partial charge in [-0.05, 0) is 31.8 Å². The molecule has 0 aliphatic heterocycles. The van der Waals surface area contributed by atoms with Gasteiger partial charge in [0.15, 0.2) is 0 Å². The standard InChI is InChI=1S/C81H161N2O7P/c1-7-10-13-16-19-22-25-28-30-32-34-36-38-40-41-43-44-46-48-50-52-55-58-61-64-67-70-73-80(84)82-78(77-89-91(86,87)88-76-75-83(4,5)6)79(72-69-66-63-60-57-54-27-24-21-18-15-12-9-3)90-81(85)74-71-68-65-62-59-56-53-51-49-47-45-42-39-37-35-33-31-29-26-23-20-17-14-11-8-2/h69,72,78-79H,7-68,70-71,73-77H2,1-6H3,(H-,82,84,86,87)/p+1/b72-69+. The third-order valence-electron chi connectivity index (χ3n) is 19.2. The number of phosphoric acid groups is 1. The van der Waals surface area contributed by atoms with Crippen molar-refractivity contribution in [3.8, 4) is 0 Å². The Morgan fingerprint density at radius 2 is 0.626 bits per heavy atom. The summed E-state index contributed by atoms with van der Waals surface area (Å²) in [4.78, 5) is 38.1. The zero-order chi connectivity index (χ0) is 66.3. The Bertz CT molecular complexity index is 1550. The number of unbranched alkanes of at least 4 members (excludes halogenated alkanes) is 61. The second-order valence-corrected chi connectivity index (χ2v) is 31.1. The highest BCUT2D eigenvalue weighted by molar-refractivity contribution is 7.47. The number of carbonyl (C=O) groups is 2. The summed E-state index contributed by atoms with van der Waals surface area (Å²) < 4.78 is 31.0. The van der Waals surface area contributed by atoms with E-state index in [0.29, 0.717) is 23.9 Å². The van der Waals surface area contributed by atoms with E-state index >= 15 is 0 Å². The van der Waals surface area contributed by atoms with Crippen LogP contribution < -0.4 is 5.32 Å². The van der Waals surface area contributed by atoms with Crippen molar-refractivity contribution < 1.29 is 37.3 Å². The van der Waals surface area contributed by atoms with Crippen LogP contribution in [0.15, 0.2) is 12.2 Å².